The summed E-state index contributed by atoms with van der Waals surface area (Å²) in [6, 6.07) is 11.4. The normalized spacial score (nSPS) is 10.8. The first kappa shape index (κ1) is 22.7. The number of hydrogen-bond donors (Lipinski definition) is 1. The molecule has 0 fully saturated rings. The highest BCUT2D eigenvalue weighted by Gasteiger charge is 2.21. The van der Waals surface area contributed by atoms with Gasteiger partial charge in [0.2, 0.25) is 0 Å². The van der Waals surface area contributed by atoms with E-state index in [4.69, 9.17) is 26.9 Å². The second-order valence-corrected chi connectivity index (χ2v) is 7.69. The number of ether oxygens (including phenoxy) is 2. The van der Waals surface area contributed by atoms with Crippen molar-refractivity contribution in [2.24, 2.45) is 12.9 Å². The Kier molecular flexibility index (Phi) is 6.87. The summed E-state index contributed by atoms with van der Waals surface area (Å²) in [5.41, 5.74) is 5.42. The molecule has 0 aliphatic heterocycles. The van der Waals surface area contributed by atoms with Crippen LogP contribution in [0.1, 0.15) is 34.1 Å². The molecule has 2 N–H and O–H groups in total. The maximum absolute atomic E-state index is 12.2. The molecule has 1 heterocycles. The molecule has 164 valence electrons. The molecule has 7 nitrogen and oxygen atoms in total. The third-order valence-electron chi connectivity index (χ3n) is 5.05. The molecule has 0 saturated carbocycles. The Hall–Kier alpha value is -3.03. The number of esters is 1. The minimum absolute atomic E-state index is 0.284. The van der Waals surface area contributed by atoms with Crippen LogP contribution < -0.4 is 15.6 Å². The molecule has 0 bridgehead atoms. The van der Waals surface area contributed by atoms with E-state index >= 15 is 0 Å². The van der Waals surface area contributed by atoms with E-state index in [-0.39, 0.29) is 12.6 Å². The zero-order valence-electron chi connectivity index (χ0n) is 18.4. The summed E-state index contributed by atoms with van der Waals surface area (Å²) in [6.45, 7) is 6.22. The first-order chi connectivity index (χ1) is 14.7. The summed E-state index contributed by atoms with van der Waals surface area (Å²) in [5.74, 6) is 6.27. The van der Waals surface area contributed by atoms with Crippen molar-refractivity contribution >= 4 is 23.3 Å². The number of aryl methyl sites for hydroxylation is 2. The van der Waals surface area contributed by atoms with Crippen LogP contribution in [0.5, 0.6) is 5.75 Å². The van der Waals surface area contributed by atoms with Crippen molar-refractivity contribution in [2.45, 2.75) is 27.4 Å². The van der Waals surface area contributed by atoms with Crippen molar-refractivity contribution in [1.82, 2.24) is 9.78 Å². The van der Waals surface area contributed by atoms with Gasteiger partial charge in [0.05, 0.1) is 18.0 Å². The molecule has 3 rings (SSSR count). The standard InChI is InChI=1S/C23H27ClN4O3/c1-6-30-23(29)22-15(3)21(26-28(22)5)16-10-11-20(14(2)12-16)31-13-17-18(24)8-7-9-19(17)27(4)25/h7-12H,6,13,25H2,1-5H3. The molecular weight excluding hydrogens is 416 g/mol. The molecule has 0 saturated heterocycles. The molecule has 0 atom stereocenters. The van der Waals surface area contributed by atoms with Crippen molar-refractivity contribution in [1.29, 1.82) is 0 Å². The van der Waals surface area contributed by atoms with E-state index in [2.05, 4.69) is 5.10 Å². The Morgan fingerprint density at radius 1 is 1.26 bits per heavy atom. The third-order valence-corrected chi connectivity index (χ3v) is 5.40. The zero-order chi connectivity index (χ0) is 22.7. The van der Waals surface area contributed by atoms with Crippen LogP contribution in [-0.2, 0) is 18.4 Å². The SMILES string of the molecule is CCOC(=O)c1c(C)c(-c2ccc(OCc3c(Cl)cccc3N(C)N)c(C)c2)nn1C. The lowest BCUT2D eigenvalue weighted by atomic mass is 10.0. The number of rotatable bonds is 7. The van der Waals surface area contributed by atoms with Crippen LogP contribution in [-0.4, -0.2) is 29.4 Å². The average molecular weight is 443 g/mol. The van der Waals surface area contributed by atoms with Crippen molar-refractivity contribution in [3.63, 3.8) is 0 Å². The van der Waals surface area contributed by atoms with E-state index in [1.54, 1.807) is 25.7 Å². The van der Waals surface area contributed by atoms with Gasteiger partial charge in [-0.1, -0.05) is 17.7 Å². The summed E-state index contributed by atoms with van der Waals surface area (Å²) in [4.78, 5) is 12.2. The van der Waals surface area contributed by atoms with E-state index in [1.165, 1.54) is 5.01 Å². The van der Waals surface area contributed by atoms with E-state index in [0.717, 1.165) is 39.4 Å². The quantitative estimate of drug-likeness (QED) is 0.331. The Bertz CT molecular complexity index is 1110. The van der Waals surface area contributed by atoms with Gasteiger partial charge < -0.3 is 14.5 Å². The van der Waals surface area contributed by atoms with Crippen molar-refractivity contribution in [2.75, 3.05) is 18.7 Å². The first-order valence-electron chi connectivity index (χ1n) is 9.94. The van der Waals surface area contributed by atoms with Crippen LogP contribution in [0.3, 0.4) is 0 Å². The summed E-state index contributed by atoms with van der Waals surface area (Å²) in [7, 11) is 3.50. The molecule has 0 unspecified atom stereocenters. The third kappa shape index (κ3) is 4.68. The monoisotopic (exact) mass is 442 g/mol. The largest absolute Gasteiger partial charge is 0.488 e. The van der Waals surface area contributed by atoms with Crippen molar-refractivity contribution < 1.29 is 14.3 Å². The molecule has 3 aromatic rings. The van der Waals surface area contributed by atoms with Gasteiger partial charge in [-0.2, -0.15) is 5.10 Å². The predicted molar refractivity (Wildman–Crippen MR) is 122 cm³/mol. The topological polar surface area (TPSA) is 82.6 Å². The molecule has 0 aliphatic rings. The van der Waals surface area contributed by atoms with Crippen molar-refractivity contribution in [3.8, 4) is 17.0 Å². The highest BCUT2D eigenvalue weighted by atomic mass is 35.5. The number of carbonyl (C=O) groups excluding carboxylic acids is 1. The summed E-state index contributed by atoms with van der Waals surface area (Å²) in [6.07, 6.45) is 0. The number of aromatic nitrogens is 2. The summed E-state index contributed by atoms with van der Waals surface area (Å²) in [5, 5.41) is 6.65. The number of anilines is 1. The highest BCUT2D eigenvalue weighted by Crippen LogP contribution is 2.31. The smallest absolute Gasteiger partial charge is 0.356 e. The van der Waals surface area contributed by atoms with Crippen LogP contribution in [0, 0.1) is 13.8 Å². The minimum Gasteiger partial charge on any atom is -0.488 e. The molecule has 8 heteroatoms. The number of carbonyl (C=O) groups is 1. The molecule has 2 aromatic carbocycles. The average Bonchev–Trinajstić information content (AvgIpc) is 3.01. The first-order valence-corrected chi connectivity index (χ1v) is 10.3. The number of halogens is 1. The van der Waals surface area contributed by atoms with Gasteiger partial charge in [0.25, 0.3) is 0 Å². The fraction of sp³-hybridized carbons (Fsp3) is 0.304. The Balaban J connectivity index is 1.86. The lowest BCUT2D eigenvalue weighted by molar-refractivity contribution is 0.0513. The number of nitrogens with zero attached hydrogens (tertiary/aromatic N) is 3. The van der Waals surface area contributed by atoms with Gasteiger partial charge in [-0.25, -0.2) is 10.6 Å². The summed E-state index contributed by atoms with van der Waals surface area (Å²) < 4.78 is 12.8. The second-order valence-electron chi connectivity index (χ2n) is 7.28. The van der Waals surface area contributed by atoms with Gasteiger partial charge in [0.15, 0.2) is 0 Å². The van der Waals surface area contributed by atoms with Gasteiger partial charge in [0.1, 0.15) is 18.1 Å². The maximum atomic E-state index is 12.2. The van der Waals surface area contributed by atoms with Gasteiger partial charge >= 0.3 is 5.97 Å². The van der Waals surface area contributed by atoms with Crippen LogP contribution in [0.2, 0.25) is 5.02 Å². The minimum atomic E-state index is -0.377. The molecular formula is C23H27ClN4O3. The van der Waals surface area contributed by atoms with Crippen LogP contribution >= 0.6 is 11.6 Å². The molecule has 0 spiro atoms. The number of hydrazine groups is 1. The van der Waals surface area contributed by atoms with Crippen LogP contribution in [0.4, 0.5) is 5.69 Å². The Labute approximate surface area is 187 Å². The molecule has 1 aromatic heterocycles. The number of hydrogen-bond acceptors (Lipinski definition) is 6. The highest BCUT2D eigenvalue weighted by molar-refractivity contribution is 6.31. The predicted octanol–water partition coefficient (Wildman–Crippen LogP) is 4.42. The van der Waals surface area contributed by atoms with Gasteiger partial charge in [0, 0.05) is 35.8 Å². The van der Waals surface area contributed by atoms with Crippen LogP contribution in [0.25, 0.3) is 11.3 Å². The fourth-order valence-electron chi connectivity index (χ4n) is 3.52. The number of benzene rings is 2. The molecule has 0 radical (unpaired) electrons. The zero-order valence-corrected chi connectivity index (χ0v) is 19.2. The van der Waals surface area contributed by atoms with Gasteiger partial charge in [-0.05, 0) is 56.7 Å². The lowest BCUT2D eigenvalue weighted by Gasteiger charge is -2.19. The van der Waals surface area contributed by atoms with E-state index in [1.807, 2.05) is 50.2 Å². The van der Waals surface area contributed by atoms with E-state index in [9.17, 15) is 4.79 Å². The fourth-order valence-corrected chi connectivity index (χ4v) is 3.74. The Morgan fingerprint density at radius 2 is 2.00 bits per heavy atom. The maximum Gasteiger partial charge on any atom is 0.356 e. The molecule has 31 heavy (non-hydrogen) atoms. The van der Waals surface area contributed by atoms with E-state index < -0.39 is 0 Å². The van der Waals surface area contributed by atoms with Crippen LogP contribution in [0.15, 0.2) is 36.4 Å². The lowest BCUT2D eigenvalue weighted by Crippen LogP contribution is -2.26. The molecule has 0 amide bonds. The van der Waals surface area contributed by atoms with Gasteiger partial charge in [-0.15, -0.1) is 0 Å². The number of nitrogens with two attached hydrogens (primary N) is 1. The summed E-state index contributed by atoms with van der Waals surface area (Å²) >= 11 is 6.36. The van der Waals surface area contributed by atoms with E-state index in [0.29, 0.717) is 17.3 Å². The second kappa shape index (κ2) is 9.41. The van der Waals surface area contributed by atoms with Crippen molar-refractivity contribution in [3.05, 3.63) is 63.8 Å². The Morgan fingerprint density at radius 3 is 2.65 bits per heavy atom. The molecule has 0 aliphatic carbocycles. The van der Waals surface area contributed by atoms with Gasteiger partial charge in [-0.3, -0.25) is 4.68 Å².